The molecule has 0 saturated carbocycles. The summed E-state index contributed by atoms with van der Waals surface area (Å²) in [5, 5.41) is 13.3. The molecule has 0 aliphatic rings. The molecule has 0 fully saturated rings. The van der Waals surface area contributed by atoms with Crippen LogP contribution in [0.3, 0.4) is 0 Å². The molecule has 0 amide bonds. The molecule has 0 spiro atoms. The minimum absolute atomic E-state index is 0.101. The van der Waals surface area contributed by atoms with Gasteiger partial charge in [0.1, 0.15) is 5.01 Å². The lowest BCUT2D eigenvalue weighted by atomic mass is 10.1. The van der Waals surface area contributed by atoms with Gasteiger partial charge in [-0.2, -0.15) is 0 Å². The molecule has 0 atom stereocenters. The molecule has 2 rings (SSSR count). The van der Waals surface area contributed by atoms with Crippen LogP contribution in [-0.4, -0.2) is 15.7 Å². The van der Waals surface area contributed by atoms with E-state index < -0.39 is 0 Å². The van der Waals surface area contributed by atoms with Crippen molar-refractivity contribution in [1.82, 2.24) is 15.5 Å². The molecule has 0 aliphatic carbocycles. The molecule has 0 saturated heterocycles. The molecule has 2 aromatic rings. The summed E-state index contributed by atoms with van der Waals surface area (Å²) in [6, 6.07) is 6.15. The molecule has 20 heavy (non-hydrogen) atoms. The van der Waals surface area contributed by atoms with Crippen LogP contribution >= 0.6 is 34.7 Å². The Hall–Kier alpha value is -0.620. The summed E-state index contributed by atoms with van der Waals surface area (Å²) >= 11 is 9.48. The van der Waals surface area contributed by atoms with E-state index in [1.807, 2.05) is 19.1 Å². The fourth-order valence-corrected chi connectivity index (χ4v) is 3.61. The van der Waals surface area contributed by atoms with E-state index in [0.29, 0.717) is 0 Å². The van der Waals surface area contributed by atoms with Crippen LogP contribution in [0, 0.1) is 6.92 Å². The Balaban J connectivity index is 2.06. The molecule has 0 bridgehead atoms. The summed E-state index contributed by atoms with van der Waals surface area (Å²) in [7, 11) is 0. The summed E-state index contributed by atoms with van der Waals surface area (Å²) in [6.45, 7) is 9.21. The highest BCUT2D eigenvalue weighted by molar-refractivity contribution is 8.01. The number of aromatic nitrogens is 2. The Morgan fingerprint density at radius 1 is 1.30 bits per heavy atom. The lowest BCUT2D eigenvalue weighted by molar-refractivity contribution is 0.424. The van der Waals surface area contributed by atoms with Crippen molar-refractivity contribution in [3.63, 3.8) is 0 Å². The van der Waals surface area contributed by atoms with E-state index >= 15 is 0 Å². The number of hydrogen-bond acceptors (Lipinski definition) is 5. The Bertz CT molecular complexity index is 590. The van der Waals surface area contributed by atoms with E-state index in [-0.39, 0.29) is 5.54 Å². The van der Waals surface area contributed by atoms with Crippen molar-refractivity contribution in [2.75, 3.05) is 0 Å². The topological polar surface area (TPSA) is 37.8 Å². The van der Waals surface area contributed by atoms with E-state index in [1.54, 1.807) is 23.1 Å². The molecule has 0 aliphatic heterocycles. The zero-order valence-corrected chi connectivity index (χ0v) is 14.4. The lowest BCUT2D eigenvalue weighted by Gasteiger charge is -2.20. The van der Waals surface area contributed by atoms with Crippen molar-refractivity contribution in [2.24, 2.45) is 0 Å². The Morgan fingerprint density at radius 2 is 2.05 bits per heavy atom. The predicted octanol–water partition coefficient (Wildman–Crippen LogP) is 4.54. The highest BCUT2D eigenvalue weighted by Crippen LogP contribution is 2.35. The smallest absolute Gasteiger partial charge is 0.179 e. The molecule has 108 valence electrons. The number of aryl methyl sites for hydroxylation is 1. The monoisotopic (exact) mass is 327 g/mol. The summed E-state index contributed by atoms with van der Waals surface area (Å²) in [5.74, 6) is 0. The molecule has 1 N–H and O–H groups in total. The van der Waals surface area contributed by atoms with Gasteiger partial charge in [-0.1, -0.05) is 40.8 Å². The molecule has 0 radical (unpaired) electrons. The van der Waals surface area contributed by atoms with E-state index in [4.69, 9.17) is 11.6 Å². The number of rotatable bonds is 4. The van der Waals surface area contributed by atoms with Gasteiger partial charge in [0, 0.05) is 17.0 Å². The molecular formula is C14H18ClN3S2. The molecule has 6 heteroatoms. The van der Waals surface area contributed by atoms with Crippen molar-refractivity contribution >= 4 is 34.7 Å². The van der Waals surface area contributed by atoms with E-state index in [1.165, 1.54) is 5.56 Å². The maximum absolute atomic E-state index is 6.34. The summed E-state index contributed by atoms with van der Waals surface area (Å²) in [6.07, 6.45) is 0. The van der Waals surface area contributed by atoms with E-state index in [9.17, 15) is 0 Å². The zero-order valence-electron chi connectivity index (χ0n) is 12.0. The minimum Gasteiger partial charge on any atom is -0.308 e. The minimum atomic E-state index is 0.101. The van der Waals surface area contributed by atoms with Gasteiger partial charge >= 0.3 is 0 Å². The maximum atomic E-state index is 6.34. The van der Waals surface area contributed by atoms with Gasteiger partial charge in [0.15, 0.2) is 4.34 Å². The first-order chi connectivity index (χ1) is 9.33. The first-order valence-corrected chi connectivity index (χ1v) is 8.36. The number of benzene rings is 1. The molecule has 1 aromatic heterocycles. The van der Waals surface area contributed by atoms with Crippen molar-refractivity contribution in [3.05, 3.63) is 33.8 Å². The van der Waals surface area contributed by atoms with Gasteiger partial charge in [-0.05, 0) is 45.4 Å². The fraction of sp³-hybridized carbons (Fsp3) is 0.429. The van der Waals surface area contributed by atoms with Crippen LogP contribution in [0.5, 0.6) is 0 Å². The zero-order chi connectivity index (χ0) is 14.8. The SMILES string of the molecule is Cc1nnc(Sc2ccc(CNC(C)(C)C)cc2Cl)s1. The number of hydrogen-bond donors (Lipinski definition) is 1. The standard InChI is InChI=1S/C14H18ClN3S2/c1-9-17-18-13(19-9)20-12-6-5-10(7-11(12)15)8-16-14(2,3)4/h5-7,16H,8H2,1-4H3. The van der Waals surface area contributed by atoms with Crippen LogP contribution in [0.2, 0.25) is 5.02 Å². The van der Waals surface area contributed by atoms with Crippen molar-refractivity contribution < 1.29 is 0 Å². The van der Waals surface area contributed by atoms with E-state index in [0.717, 1.165) is 25.8 Å². The third kappa shape index (κ3) is 4.74. The summed E-state index contributed by atoms with van der Waals surface area (Å²) < 4.78 is 0.921. The van der Waals surface area contributed by atoms with Gasteiger partial charge < -0.3 is 5.32 Å². The normalized spacial score (nSPS) is 11.8. The average molecular weight is 328 g/mol. The third-order valence-electron chi connectivity index (χ3n) is 2.52. The third-order valence-corrected chi connectivity index (χ3v) is 4.91. The van der Waals surface area contributed by atoms with Crippen LogP contribution < -0.4 is 5.32 Å². The quantitative estimate of drug-likeness (QED) is 0.894. The van der Waals surface area contributed by atoms with Crippen molar-refractivity contribution in [2.45, 2.75) is 49.0 Å². The summed E-state index contributed by atoms with van der Waals surface area (Å²) in [5.41, 5.74) is 1.28. The Labute approximate surface area is 133 Å². The molecule has 3 nitrogen and oxygen atoms in total. The molecule has 1 aromatic carbocycles. The van der Waals surface area contributed by atoms with Gasteiger partial charge in [-0.15, -0.1) is 10.2 Å². The molecular weight excluding hydrogens is 310 g/mol. The van der Waals surface area contributed by atoms with Crippen LogP contribution in [0.25, 0.3) is 0 Å². The van der Waals surface area contributed by atoms with Gasteiger partial charge in [-0.25, -0.2) is 0 Å². The van der Waals surface area contributed by atoms with Crippen LogP contribution in [0.4, 0.5) is 0 Å². The van der Waals surface area contributed by atoms with E-state index in [2.05, 4.69) is 42.4 Å². The number of nitrogens with zero attached hydrogens (tertiary/aromatic N) is 2. The maximum Gasteiger partial charge on any atom is 0.179 e. The largest absolute Gasteiger partial charge is 0.308 e. The first-order valence-electron chi connectivity index (χ1n) is 6.35. The van der Waals surface area contributed by atoms with Crippen LogP contribution in [-0.2, 0) is 6.54 Å². The molecule has 0 unspecified atom stereocenters. The predicted molar refractivity (Wildman–Crippen MR) is 86.8 cm³/mol. The second kappa shape index (κ2) is 6.43. The van der Waals surface area contributed by atoms with Crippen LogP contribution in [0.1, 0.15) is 31.3 Å². The van der Waals surface area contributed by atoms with Crippen LogP contribution in [0.15, 0.2) is 27.4 Å². The van der Waals surface area contributed by atoms with Crippen molar-refractivity contribution in [3.8, 4) is 0 Å². The van der Waals surface area contributed by atoms with Gasteiger partial charge in [0.05, 0.1) is 5.02 Å². The number of nitrogens with one attached hydrogen (secondary N) is 1. The second-order valence-electron chi connectivity index (χ2n) is 5.56. The van der Waals surface area contributed by atoms with Gasteiger partial charge in [0.25, 0.3) is 0 Å². The second-order valence-corrected chi connectivity index (χ2v) is 8.44. The highest BCUT2D eigenvalue weighted by Gasteiger charge is 2.11. The first kappa shape index (κ1) is 15.8. The number of halogens is 1. The summed E-state index contributed by atoms with van der Waals surface area (Å²) in [4.78, 5) is 1.02. The lowest BCUT2D eigenvalue weighted by Crippen LogP contribution is -2.35. The van der Waals surface area contributed by atoms with Crippen molar-refractivity contribution in [1.29, 1.82) is 0 Å². The Morgan fingerprint density at radius 3 is 2.60 bits per heavy atom. The van der Waals surface area contributed by atoms with Gasteiger partial charge in [-0.3, -0.25) is 0 Å². The fourth-order valence-electron chi connectivity index (χ4n) is 1.52. The Kier molecular flexibility index (Phi) is 5.07. The average Bonchev–Trinajstić information content (AvgIpc) is 2.74. The van der Waals surface area contributed by atoms with Gasteiger partial charge in [0.2, 0.25) is 0 Å². The highest BCUT2D eigenvalue weighted by atomic mass is 35.5. The molecule has 1 heterocycles.